The molecule has 2 N–H and O–H groups in total. The van der Waals surface area contributed by atoms with Crippen molar-refractivity contribution in [2.24, 2.45) is 10.8 Å². The van der Waals surface area contributed by atoms with Crippen molar-refractivity contribution >= 4 is 16.9 Å². The summed E-state index contributed by atoms with van der Waals surface area (Å²) in [5, 5.41) is 4.50. The zero-order valence-electron chi connectivity index (χ0n) is 16.2. The molecule has 0 atom stereocenters. The molecule has 25 heavy (non-hydrogen) atoms. The highest BCUT2D eigenvalue weighted by molar-refractivity contribution is 5.87. The number of H-pyrrole nitrogens is 1. The van der Waals surface area contributed by atoms with E-state index in [1.807, 2.05) is 6.20 Å². The molecule has 138 valence electrons. The molecule has 0 bridgehead atoms. The fourth-order valence-corrected chi connectivity index (χ4v) is 3.92. The van der Waals surface area contributed by atoms with Crippen LogP contribution in [-0.4, -0.2) is 41.1 Å². The fraction of sp³-hybridized carbons (Fsp3) is 0.700. The average Bonchev–Trinajstić information content (AvgIpc) is 3.03. The first-order valence-corrected chi connectivity index (χ1v) is 9.60. The molecule has 2 fully saturated rings. The first-order valence-electron chi connectivity index (χ1n) is 9.60. The second kappa shape index (κ2) is 7.32. The summed E-state index contributed by atoms with van der Waals surface area (Å²) in [6.07, 6.45) is 8.86. The molecule has 2 aliphatic heterocycles. The maximum absolute atomic E-state index is 4.46. The zero-order valence-corrected chi connectivity index (χ0v) is 16.2. The number of fused-ring (bicyclic) bond motifs is 1. The molecule has 5 heteroatoms. The van der Waals surface area contributed by atoms with Gasteiger partial charge in [0.1, 0.15) is 17.8 Å². The Morgan fingerprint density at radius 3 is 2.48 bits per heavy atom. The number of nitrogens with zero attached hydrogens (tertiary/aromatic N) is 3. The minimum Gasteiger partial charge on any atom is -0.355 e. The maximum atomic E-state index is 4.46. The van der Waals surface area contributed by atoms with Crippen molar-refractivity contribution in [1.82, 2.24) is 20.3 Å². The Hall–Kier alpha value is -1.62. The van der Waals surface area contributed by atoms with Gasteiger partial charge in [-0.1, -0.05) is 27.7 Å². The fourth-order valence-electron chi connectivity index (χ4n) is 3.92. The lowest BCUT2D eigenvalue weighted by atomic mass is 9.84. The van der Waals surface area contributed by atoms with Gasteiger partial charge in [0.25, 0.3) is 0 Å². The molecular weight excluding hydrogens is 310 g/mol. The lowest BCUT2D eigenvalue weighted by Gasteiger charge is -2.38. The van der Waals surface area contributed by atoms with E-state index in [0.29, 0.717) is 10.8 Å². The number of rotatable bonds is 1. The Balaban J connectivity index is 0.000000192. The number of aromatic amines is 1. The number of hydrogen-bond acceptors (Lipinski definition) is 4. The summed E-state index contributed by atoms with van der Waals surface area (Å²) >= 11 is 0. The molecule has 4 heterocycles. The second-order valence-electron chi connectivity index (χ2n) is 9.07. The van der Waals surface area contributed by atoms with Gasteiger partial charge in [-0.05, 0) is 49.1 Å². The van der Waals surface area contributed by atoms with Gasteiger partial charge in [0.05, 0.1) is 5.39 Å². The van der Waals surface area contributed by atoms with E-state index >= 15 is 0 Å². The predicted octanol–water partition coefficient (Wildman–Crippen LogP) is 3.98. The number of aromatic nitrogens is 3. The van der Waals surface area contributed by atoms with Gasteiger partial charge in [0.2, 0.25) is 0 Å². The van der Waals surface area contributed by atoms with Crippen LogP contribution in [0.1, 0.15) is 53.4 Å². The molecular formula is C20H33N5. The molecule has 0 unspecified atom stereocenters. The highest BCUT2D eigenvalue weighted by Gasteiger charge is 2.28. The third-order valence-corrected chi connectivity index (χ3v) is 5.34. The summed E-state index contributed by atoms with van der Waals surface area (Å²) < 4.78 is 0. The molecule has 2 aromatic rings. The number of anilines is 1. The standard InChI is InChI=1S/C13H18N4.C7H15N/c1-13(2)5-3-7-17(8-13)12-10-4-6-14-11(10)15-9-16-12;1-7(2)4-3-5-8-6-7/h4,6,9H,3,5,7-8H2,1-2H3,(H,14,15,16);8H,3-6H2,1-2H3. The van der Waals surface area contributed by atoms with Crippen LogP contribution in [0.3, 0.4) is 0 Å². The second-order valence-corrected chi connectivity index (χ2v) is 9.07. The molecule has 5 nitrogen and oxygen atoms in total. The van der Waals surface area contributed by atoms with E-state index in [0.717, 1.165) is 29.9 Å². The number of piperidine rings is 2. The van der Waals surface area contributed by atoms with Crippen molar-refractivity contribution in [3.8, 4) is 0 Å². The van der Waals surface area contributed by atoms with Crippen LogP contribution in [0.4, 0.5) is 5.82 Å². The lowest BCUT2D eigenvalue weighted by Crippen LogP contribution is -2.40. The first kappa shape index (κ1) is 18.2. The summed E-state index contributed by atoms with van der Waals surface area (Å²) in [5.41, 5.74) is 1.88. The van der Waals surface area contributed by atoms with Crippen LogP contribution in [0.25, 0.3) is 11.0 Å². The van der Waals surface area contributed by atoms with Gasteiger partial charge >= 0.3 is 0 Å². The Labute approximate surface area is 151 Å². The van der Waals surface area contributed by atoms with E-state index in [1.54, 1.807) is 6.33 Å². The molecule has 2 aromatic heterocycles. The Bertz CT molecular complexity index is 680. The summed E-state index contributed by atoms with van der Waals surface area (Å²) in [6, 6.07) is 2.06. The van der Waals surface area contributed by atoms with Gasteiger partial charge in [-0.3, -0.25) is 0 Å². The largest absolute Gasteiger partial charge is 0.355 e. The third-order valence-electron chi connectivity index (χ3n) is 5.34. The van der Waals surface area contributed by atoms with Gasteiger partial charge in [-0.25, -0.2) is 9.97 Å². The van der Waals surface area contributed by atoms with Gasteiger partial charge in [-0.15, -0.1) is 0 Å². The predicted molar refractivity (Wildman–Crippen MR) is 105 cm³/mol. The minimum atomic E-state index is 0.381. The smallest absolute Gasteiger partial charge is 0.142 e. The molecule has 2 saturated heterocycles. The molecule has 0 saturated carbocycles. The molecule has 0 radical (unpaired) electrons. The van der Waals surface area contributed by atoms with E-state index in [2.05, 4.69) is 58.9 Å². The van der Waals surface area contributed by atoms with E-state index in [-0.39, 0.29) is 0 Å². The third kappa shape index (κ3) is 4.72. The Morgan fingerprint density at radius 2 is 1.84 bits per heavy atom. The molecule has 2 aliphatic rings. The van der Waals surface area contributed by atoms with Crippen LogP contribution >= 0.6 is 0 Å². The maximum Gasteiger partial charge on any atom is 0.142 e. The van der Waals surface area contributed by atoms with Crippen molar-refractivity contribution in [2.45, 2.75) is 53.4 Å². The van der Waals surface area contributed by atoms with Gasteiger partial charge in [-0.2, -0.15) is 0 Å². The number of hydrogen-bond donors (Lipinski definition) is 2. The summed E-state index contributed by atoms with van der Waals surface area (Å²) in [7, 11) is 0. The summed E-state index contributed by atoms with van der Waals surface area (Å²) in [6.45, 7) is 13.9. The van der Waals surface area contributed by atoms with E-state index in [9.17, 15) is 0 Å². The SMILES string of the molecule is CC1(C)CCCN(c2ncnc3[nH]ccc23)C1.CC1(C)CCCNC1. The average molecular weight is 344 g/mol. The summed E-state index contributed by atoms with van der Waals surface area (Å²) in [5.74, 6) is 1.07. The molecule has 0 spiro atoms. The van der Waals surface area contributed by atoms with E-state index < -0.39 is 0 Å². The van der Waals surface area contributed by atoms with Crippen molar-refractivity contribution in [3.05, 3.63) is 18.6 Å². The van der Waals surface area contributed by atoms with E-state index in [1.165, 1.54) is 38.8 Å². The van der Waals surface area contributed by atoms with Crippen LogP contribution in [0, 0.1) is 10.8 Å². The lowest BCUT2D eigenvalue weighted by molar-refractivity contribution is 0.265. The van der Waals surface area contributed by atoms with Gasteiger partial charge in [0.15, 0.2) is 0 Å². The van der Waals surface area contributed by atoms with Crippen LogP contribution in [0.2, 0.25) is 0 Å². The quantitative estimate of drug-likeness (QED) is 0.822. The van der Waals surface area contributed by atoms with Gasteiger partial charge < -0.3 is 15.2 Å². The van der Waals surface area contributed by atoms with Crippen LogP contribution < -0.4 is 10.2 Å². The first-order chi connectivity index (χ1) is 11.9. The summed E-state index contributed by atoms with van der Waals surface area (Å²) in [4.78, 5) is 14.2. The van der Waals surface area contributed by atoms with Crippen molar-refractivity contribution in [1.29, 1.82) is 0 Å². The number of nitrogens with one attached hydrogen (secondary N) is 2. The Morgan fingerprint density at radius 1 is 1.04 bits per heavy atom. The van der Waals surface area contributed by atoms with Crippen LogP contribution in [0.5, 0.6) is 0 Å². The molecule has 0 aliphatic carbocycles. The van der Waals surface area contributed by atoms with Crippen LogP contribution in [0.15, 0.2) is 18.6 Å². The molecule has 0 aromatic carbocycles. The Kier molecular flexibility index (Phi) is 5.32. The highest BCUT2D eigenvalue weighted by atomic mass is 15.2. The van der Waals surface area contributed by atoms with Crippen LogP contribution in [-0.2, 0) is 0 Å². The molecule has 0 amide bonds. The highest BCUT2D eigenvalue weighted by Crippen LogP contribution is 2.33. The van der Waals surface area contributed by atoms with Crippen molar-refractivity contribution in [2.75, 3.05) is 31.1 Å². The van der Waals surface area contributed by atoms with Gasteiger partial charge in [0, 0.05) is 25.8 Å². The normalized spacial score (nSPS) is 22.3. The molecule has 4 rings (SSSR count). The monoisotopic (exact) mass is 343 g/mol. The minimum absolute atomic E-state index is 0.381. The van der Waals surface area contributed by atoms with Crippen molar-refractivity contribution < 1.29 is 0 Å². The van der Waals surface area contributed by atoms with E-state index in [4.69, 9.17) is 0 Å². The topological polar surface area (TPSA) is 56.8 Å². The zero-order chi connectivity index (χ0) is 17.9. The van der Waals surface area contributed by atoms with Crippen molar-refractivity contribution in [3.63, 3.8) is 0 Å².